The molecule has 0 bridgehead atoms. The van der Waals surface area contributed by atoms with Crippen LogP contribution in [0.1, 0.15) is 37.7 Å². The van der Waals surface area contributed by atoms with Gasteiger partial charge in [-0.05, 0) is 61.0 Å². The highest BCUT2D eigenvalue weighted by Gasteiger charge is 2.38. The van der Waals surface area contributed by atoms with Crippen molar-refractivity contribution in [2.75, 3.05) is 6.61 Å². The van der Waals surface area contributed by atoms with Crippen molar-refractivity contribution in [1.29, 1.82) is 0 Å². The summed E-state index contributed by atoms with van der Waals surface area (Å²) in [6.07, 6.45) is 9.82. The molecule has 1 aromatic heterocycles. The number of carbonyl (C=O) groups is 1. The van der Waals surface area contributed by atoms with Gasteiger partial charge in [0, 0.05) is 28.7 Å². The van der Waals surface area contributed by atoms with Crippen LogP contribution in [0, 0.1) is 0 Å². The zero-order valence-corrected chi connectivity index (χ0v) is 22.1. The summed E-state index contributed by atoms with van der Waals surface area (Å²) in [5.41, 5.74) is 3.05. The van der Waals surface area contributed by atoms with Crippen LogP contribution in [0.15, 0.2) is 101 Å². The summed E-state index contributed by atoms with van der Waals surface area (Å²) < 4.78 is 8.17. The summed E-state index contributed by atoms with van der Waals surface area (Å²) in [6, 6.07) is 28.4. The van der Waals surface area contributed by atoms with Crippen LogP contribution in [0.2, 0.25) is 0 Å². The summed E-state index contributed by atoms with van der Waals surface area (Å²) in [4.78, 5) is 21.4. The van der Waals surface area contributed by atoms with Gasteiger partial charge in [-0.15, -0.1) is 0 Å². The normalized spacial score (nSPS) is 18.6. The Kier molecular flexibility index (Phi) is 7.31. The van der Waals surface area contributed by atoms with Gasteiger partial charge in [0.1, 0.15) is 12.4 Å². The largest absolute Gasteiger partial charge is 0.492 e. The van der Waals surface area contributed by atoms with Crippen LogP contribution in [0.3, 0.4) is 0 Å². The van der Waals surface area contributed by atoms with E-state index in [-0.39, 0.29) is 11.9 Å². The summed E-state index contributed by atoms with van der Waals surface area (Å²) in [7, 11) is 0. The minimum absolute atomic E-state index is 0.0702. The molecule has 4 aromatic rings. The number of carbonyl (C=O) groups excluding carboxylic acids is 1. The maximum atomic E-state index is 13.8. The van der Waals surface area contributed by atoms with Gasteiger partial charge < -0.3 is 9.30 Å². The zero-order chi connectivity index (χ0) is 25.7. The second-order valence-corrected chi connectivity index (χ2v) is 10.8. The number of ether oxygens (including phenoxy) is 1. The standard InChI is InChI=1S/C32H31N3O2S/c36-31-30(38-32(33-25-12-4-1-5-13-25)35(31)26-14-6-2-7-15-26)22-24-23-34(29-19-11-10-18-28(24)29)20-21-37-27-16-8-3-9-17-27/h1,3-5,8-13,16-19,22-23,26H,2,6-7,14-15,20-21H2/b30-22-,33-32?. The lowest BCUT2D eigenvalue weighted by Crippen LogP contribution is -2.40. The summed E-state index contributed by atoms with van der Waals surface area (Å²) >= 11 is 1.50. The molecule has 1 aliphatic heterocycles. The molecule has 192 valence electrons. The molecule has 2 heterocycles. The third-order valence-electron chi connectivity index (χ3n) is 7.21. The first-order valence-electron chi connectivity index (χ1n) is 13.4. The number of rotatable bonds is 7. The average molecular weight is 522 g/mol. The molecule has 0 spiro atoms. The van der Waals surface area contributed by atoms with E-state index in [9.17, 15) is 4.79 Å². The molecule has 0 N–H and O–H groups in total. The quantitative estimate of drug-likeness (QED) is 0.235. The van der Waals surface area contributed by atoms with E-state index >= 15 is 0 Å². The summed E-state index contributed by atoms with van der Waals surface area (Å²) in [5, 5.41) is 1.92. The van der Waals surface area contributed by atoms with Crippen molar-refractivity contribution in [2.45, 2.75) is 44.7 Å². The molecule has 0 unspecified atom stereocenters. The van der Waals surface area contributed by atoms with Crippen molar-refractivity contribution in [2.24, 2.45) is 4.99 Å². The molecule has 3 aromatic carbocycles. The molecular formula is C32H31N3O2S. The minimum Gasteiger partial charge on any atom is -0.492 e. The van der Waals surface area contributed by atoms with Gasteiger partial charge in [-0.3, -0.25) is 9.69 Å². The Morgan fingerprint density at radius 2 is 1.61 bits per heavy atom. The Bertz CT molecular complexity index is 1470. The third kappa shape index (κ3) is 5.27. The molecule has 2 fully saturated rings. The zero-order valence-electron chi connectivity index (χ0n) is 21.3. The minimum atomic E-state index is 0.0702. The number of aliphatic imine (C=N–C) groups is 1. The lowest BCUT2D eigenvalue weighted by Gasteiger charge is -2.30. The molecule has 0 atom stereocenters. The maximum Gasteiger partial charge on any atom is 0.267 e. The van der Waals surface area contributed by atoms with Gasteiger partial charge in [0.2, 0.25) is 0 Å². The van der Waals surface area contributed by atoms with E-state index in [2.05, 4.69) is 35.0 Å². The van der Waals surface area contributed by atoms with E-state index in [1.807, 2.05) is 71.6 Å². The van der Waals surface area contributed by atoms with Crippen LogP contribution in [0.5, 0.6) is 5.75 Å². The number of hydrogen-bond donors (Lipinski definition) is 0. The lowest BCUT2D eigenvalue weighted by molar-refractivity contribution is -0.124. The Morgan fingerprint density at radius 3 is 2.39 bits per heavy atom. The van der Waals surface area contributed by atoms with Crippen molar-refractivity contribution >= 4 is 45.5 Å². The van der Waals surface area contributed by atoms with Gasteiger partial charge in [-0.2, -0.15) is 0 Å². The molecule has 2 aliphatic rings. The number of fused-ring (bicyclic) bond motifs is 1. The van der Waals surface area contributed by atoms with Crippen LogP contribution in [-0.2, 0) is 11.3 Å². The SMILES string of the molecule is O=C1/C(=C/c2cn(CCOc3ccccc3)c3ccccc23)SC(=Nc2ccccc2)N1C1CCCCC1. The summed E-state index contributed by atoms with van der Waals surface area (Å²) in [5.74, 6) is 0.938. The first kappa shape index (κ1) is 24.6. The molecule has 1 aliphatic carbocycles. The van der Waals surface area contributed by atoms with Gasteiger partial charge in [-0.1, -0.05) is 73.9 Å². The predicted molar refractivity (Wildman–Crippen MR) is 157 cm³/mol. The molecule has 1 saturated heterocycles. The molecule has 5 nitrogen and oxygen atoms in total. The van der Waals surface area contributed by atoms with Crippen molar-refractivity contribution in [3.05, 3.63) is 102 Å². The van der Waals surface area contributed by atoms with Crippen LogP contribution in [0.4, 0.5) is 5.69 Å². The van der Waals surface area contributed by atoms with Crippen molar-refractivity contribution in [3.8, 4) is 5.75 Å². The van der Waals surface area contributed by atoms with Gasteiger partial charge in [-0.25, -0.2) is 4.99 Å². The van der Waals surface area contributed by atoms with Crippen molar-refractivity contribution in [3.63, 3.8) is 0 Å². The van der Waals surface area contributed by atoms with E-state index < -0.39 is 0 Å². The van der Waals surface area contributed by atoms with Crippen LogP contribution in [0.25, 0.3) is 17.0 Å². The molecule has 0 radical (unpaired) electrons. The van der Waals surface area contributed by atoms with Crippen molar-refractivity contribution in [1.82, 2.24) is 9.47 Å². The molecule has 38 heavy (non-hydrogen) atoms. The first-order valence-corrected chi connectivity index (χ1v) is 14.2. The highest BCUT2D eigenvalue weighted by Crippen LogP contribution is 2.39. The molecule has 6 heteroatoms. The van der Waals surface area contributed by atoms with Crippen LogP contribution in [-0.4, -0.2) is 33.2 Å². The number of para-hydroxylation sites is 3. The lowest BCUT2D eigenvalue weighted by atomic mass is 9.94. The molecule has 1 saturated carbocycles. The molecule has 6 rings (SSSR count). The van der Waals surface area contributed by atoms with Crippen LogP contribution < -0.4 is 4.74 Å². The van der Waals surface area contributed by atoms with Crippen molar-refractivity contribution < 1.29 is 9.53 Å². The summed E-state index contributed by atoms with van der Waals surface area (Å²) in [6.45, 7) is 1.28. The first-order chi connectivity index (χ1) is 18.8. The molecular weight excluding hydrogens is 490 g/mol. The fraction of sp³-hybridized carbons (Fsp3) is 0.250. The van der Waals surface area contributed by atoms with Gasteiger partial charge in [0.15, 0.2) is 5.17 Å². The average Bonchev–Trinajstić information content (AvgIpc) is 3.47. The van der Waals surface area contributed by atoms with Crippen LogP contribution >= 0.6 is 11.8 Å². The fourth-order valence-electron chi connectivity index (χ4n) is 5.33. The fourth-order valence-corrected chi connectivity index (χ4v) is 6.38. The topological polar surface area (TPSA) is 46.8 Å². The van der Waals surface area contributed by atoms with Gasteiger partial charge in [0.25, 0.3) is 5.91 Å². The monoisotopic (exact) mass is 521 g/mol. The Labute approximate surface area is 227 Å². The number of amides is 1. The molecule has 1 amide bonds. The van der Waals surface area contributed by atoms with E-state index in [1.54, 1.807) is 0 Å². The van der Waals surface area contributed by atoms with E-state index in [1.165, 1.54) is 18.2 Å². The Balaban J connectivity index is 1.30. The maximum absolute atomic E-state index is 13.8. The Hall–Kier alpha value is -3.77. The number of aromatic nitrogens is 1. The van der Waals surface area contributed by atoms with Gasteiger partial charge >= 0.3 is 0 Å². The second-order valence-electron chi connectivity index (χ2n) is 9.76. The number of benzene rings is 3. The Morgan fingerprint density at radius 1 is 0.895 bits per heavy atom. The van der Waals surface area contributed by atoms with E-state index in [0.717, 1.165) is 63.7 Å². The highest BCUT2D eigenvalue weighted by molar-refractivity contribution is 8.18. The third-order valence-corrected chi connectivity index (χ3v) is 8.19. The smallest absolute Gasteiger partial charge is 0.267 e. The van der Waals surface area contributed by atoms with E-state index in [0.29, 0.717) is 13.2 Å². The number of thioether (sulfide) groups is 1. The number of amidine groups is 1. The number of nitrogens with zero attached hydrogens (tertiary/aromatic N) is 3. The number of hydrogen-bond acceptors (Lipinski definition) is 4. The highest BCUT2D eigenvalue weighted by atomic mass is 32.2. The van der Waals surface area contributed by atoms with E-state index in [4.69, 9.17) is 9.73 Å². The van der Waals surface area contributed by atoms with Gasteiger partial charge in [0.05, 0.1) is 17.1 Å². The second kappa shape index (κ2) is 11.3. The predicted octanol–water partition coefficient (Wildman–Crippen LogP) is 7.66.